The van der Waals surface area contributed by atoms with Crippen molar-refractivity contribution in [3.8, 4) is 23.0 Å². The Morgan fingerprint density at radius 2 is 1.69 bits per heavy atom. The molecule has 32 heavy (non-hydrogen) atoms. The highest BCUT2D eigenvalue weighted by molar-refractivity contribution is 9.10. The Morgan fingerprint density at radius 3 is 2.41 bits per heavy atom. The van der Waals surface area contributed by atoms with Gasteiger partial charge < -0.3 is 24.4 Å². The summed E-state index contributed by atoms with van der Waals surface area (Å²) in [6.07, 6.45) is 1.71. The second-order valence-electron chi connectivity index (χ2n) is 6.70. The van der Waals surface area contributed by atoms with Crippen LogP contribution in [0, 0.1) is 0 Å². The minimum Gasteiger partial charge on any atom is -0.493 e. The zero-order chi connectivity index (χ0) is 22.9. The highest BCUT2D eigenvalue weighted by Crippen LogP contribution is 2.37. The molecule has 8 heteroatoms. The maximum Gasteiger partial charge on any atom is 0.175 e. The molecule has 1 N–H and O–H groups in total. The fraction of sp³-hybridized carbons (Fsp3) is 0.208. The van der Waals surface area contributed by atoms with Crippen molar-refractivity contribution in [1.29, 1.82) is 0 Å². The number of methoxy groups -OCH3 is 3. The van der Waals surface area contributed by atoms with Crippen molar-refractivity contribution in [2.75, 3.05) is 21.3 Å². The molecular weight excluding hydrogens is 496 g/mol. The molecule has 0 unspecified atom stereocenters. The van der Waals surface area contributed by atoms with Crippen LogP contribution in [0.5, 0.6) is 23.0 Å². The molecular formula is C24H24BrClN2O4. The van der Waals surface area contributed by atoms with Crippen molar-refractivity contribution in [3.05, 3.63) is 80.8 Å². The lowest BCUT2D eigenvalue weighted by atomic mass is 10.2. The first-order valence-corrected chi connectivity index (χ1v) is 10.9. The molecule has 0 radical (unpaired) electrons. The molecule has 3 aromatic carbocycles. The second kappa shape index (κ2) is 11.6. The fourth-order valence-electron chi connectivity index (χ4n) is 2.97. The van der Waals surface area contributed by atoms with Gasteiger partial charge >= 0.3 is 0 Å². The Hall–Kier alpha value is -2.90. The number of rotatable bonds is 10. The first kappa shape index (κ1) is 23.8. The summed E-state index contributed by atoms with van der Waals surface area (Å²) in [6.45, 7) is 0.864. The van der Waals surface area contributed by atoms with Gasteiger partial charge in [-0.25, -0.2) is 0 Å². The summed E-state index contributed by atoms with van der Waals surface area (Å²) in [6, 6.07) is 17.1. The van der Waals surface area contributed by atoms with Crippen LogP contribution in [0.15, 0.2) is 64.2 Å². The summed E-state index contributed by atoms with van der Waals surface area (Å²) < 4.78 is 22.8. The molecule has 0 aromatic heterocycles. The van der Waals surface area contributed by atoms with E-state index in [9.17, 15) is 0 Å². The van der Waals surface area contributed by atoms with E-state index >= 15 is 0 Å². The van der Waals surface area contributed by atoms with Crippen molar-refractivity contribution in [3.63, 3.8) is 0 Å². The van der Waals surface area contributed by atoms with Gasteiger partial charge in [0, 0.05) is 10.6 Å². The molecule has 0 saturated carbocycles. The predicted octanol–water partition coefficient (Wildman–Crippen LogP) is 5.83. The largest absolute Gasteiger partial charge is 0.493 e. The molecule has 6 nitrogen and oxygen atoms in total. The number of hydrazone groups is 1. The maximum atomic E-state index is 6.22. The van der Waals surface area contributed by atoms with Crippen LogP contribution in [-0.4, -0.2) is 27.5 Å². The van der Waals surface area contributed by atoms with Crippen molar-refractivity contribution in [2.24, 2.45) is 5.10 Å². The lowest BCUT2D eigenvalue weighted by molar-refractivity contribution is 0.282. The van der Waals surface area contributed by atoms with Crippen LogP contribution < -0.4 is 24.4 Å². The standard InChI is InChI=1S/C24H24BrClN2O4/c1-29-21-9-8-16(11-22(21)30-2)13-27-28-14-17-10-19(25)24(23(12-17)31-3)32-15-18-6-4-5-7-20(18)26/h4-12,14,27H,13,15H2,1-3H3/b28-14-. The molecule has 0 aliphatic rings. The Bertz CT molecular complexity index is 1090. The van der Waals surface area contributed by atoms with E-state index in [4.69, 9.17) is 30.5 Å². The van der Waals surface area contributed by atoms with E-state index in [1.165, 1.54) is 0 Å². The average Bonchev–Trinajstić information content (AvgIpc) is 2.81. The topological polar surface area (TPSA) is 61.3 Å². The van der Waals surface area contributed by atoms with Crippen molar-refractivity contribution in [2.45, 2.75) is 13.2 Å². The van der Waals surface area contributed by atoms with Gasteiger partial charge in [0.2, 0.25) is 0 Å². The molecule has 0 spiro atoms. The second-order valence-corrected chi connectivity index (χ2v) is 7.96. The number of nitrogens with one attached hydrogen (secondary N) is 1. The SMILES string of the molecule is COc1ccc(CN/N=C\c2cc(Br)c(OCc3ccccc3Cl)c(OC)c2)cc1OC. The van der Waals surface area contributed by atoms with E-state index < -0.39 is 0 Å². The third-order valence-corrected chi connectivity index (χ3v) is 5.58. The summed E-state index contributed by atoms with van der Waals surface area (Å²) in [5, 5.41) is 4.96. The molecule has 0 amide bonds. The normalized spacial score (nSPS) is 10.8. The van der Waals surface area contributed by atoms with Gasteiger partial charge in [0.15, 0.2) is 23.0 Å². The first-order valence-electron chi connectivity index (χ1n) is 9.76. The van der Waals surface area contributed by atoms with E-state index in [0.29, 0.717) is 41.2 Å². The van der Waals surface area contributed by atoms with Gasteiger partial charge in [-0.3, -0.25) is 0 Å². The summed E-state index contributed by atoms with van der Waals surface area (Å²) in [5.74, 6) is 2.56. The summed E-state index contributed by atoms with van der Waals surface area (Å²) in [7, 11) is 4.82. The minimum atomic E-state index is 0.328. The number of hydrogen-bond donors (Lipinski definition) is 1. The highest BCUT2D eigenvalue weighted by Gasteiger charge is 2.12. The molecule has 0 heterocycles. The maximum absolute atomic E-state index is 6.22. The molecule has 3 rings (SSSR count). The van der Waals surface area contributed by atoms with E-state index in [2.05, 4.69) is 26.5 Å². The molecule has 168 valence electrons. The van der Waals surface area contributed by atoms with E-state index in [0.717, 1.165) is 21.2 Å². The van der Waals surface area contributed by atoms with Crippen LogP contribution in [0.4, 0.5) is 0 Å². The van der Waals surface area contributed by atoms with E-state index in [1.807, 2.05) is 54.6 Å². The molecule has 0 fully saturated rings. The van der Waals surface area contributed by atoms with Crippen LogP contribution in [0.2, 0.25) is 5.02 Å². The third-order valence-electron chi connectivity index (χ3n) is 4.62. The predicted molar refractivity (Wildman–Crippen MR) is 130 cm³/mol. The first-order chi connectivity index (χ1) is 15.5. The number of benzene rings is 3. The van der Waals surface area contributed by atoms with Gasteiger partial charge in [-0.1, -0.05) is 35.9 Å². The van der Waals surface area contributed by atoms with Crippen LogP contribution in [0.25, 0.3) is 0 Å². The van der Waals surface area contributed by atoms with Crippen molar-refractivity contribution < 1.29 is 18.9 Å². The van der Waals surface area contributed by atoms with Crippen molar-refractivity contribution >= 4 is 33.7 Å². The number of nitrogens with zero attached hydrogens (tertiary/aromatic N) is 1. The molecule has 0 bridgehead atoms. The van der Waals surface area contributed by atoms with Crippen LogP contribution in [-0.2, 0) is 13.2 Å². The van der Waals surface area contributed by atoms with Crippen LogP contribution >= 0.6 is 27.5 Å². The zero-order valence-electron chi connectivity index (χ0n) is 18.0. The van der Waals surface area contributed by atoms with Crippen molar-refractivity contribution in [1.82, 2.24) is 5.43 Å². The quantitative estimate of drug-likeness (QED) is 0.270. The minimum absolute atomic E-state index is 0.328. The van der Waals surface area contributed by atoms with Gasteiger partial charge in [0.1, 0.15) is 6.61 Å². The van der Waals surface area contributed by atoms with Gasteiger partial charge in [0.05, 0.1) is 38.6 Å². The molecule has 0 saturated heterocycles. The molecule has 0 atom stereocenters. The van der Waals surface area contributed by atoms with Gasteiger partial charge in [-0.2, -0.15) is 5.10 Å². The Morgan fingerprint density at radius 1 is 0.938 bits per heavy atom. The summed E-state index contributed by atoms with van der Waals surface area (Å²) in [5.41, 5.74) is 5.79. The lowest BCUT2D eigenvalue weighted by Crippen LogP contribution is -2.06. The highest BCUT2D eigenvalue weighted by atomic mass is 79.9. The third kappa shape index (κ3) is 6.08. The Balaban J connectivity index is 1.65. The number of hydrogen-bond acceptors (Lipinski definition) is 6. The van der Waals surface area contributed by atoms with Gasteiger partial charge in [0.25, 0.3) is 0 Å². The molecule has 0 aliphatic heterocycles. The summed E-state index contributed by atoms with van der Waals surface area (Å²) in [4.78, 5) is 0. The smallest absolute Gasteiger partial charge is 0.175 e. The molecule has 3 aromatic rings. The number of ether oxygens (including phenoxy) is 4. The zero-order valence-corrected chi connectivity index (χ0v) is 20.4. The monoisotopic (exact) mass is 518 g/mol. The summed E-state index contributed by atoms with van der Waals surface area (Å²) >= 11 is 9.78. The van der Waals surface area contributed by atoms with E-state index in [1.54, 1.807) is 27.5 Å². The van der Waals surface area contributed by atoms with Crippen LogP contribution in [0.1, 0.15) is 16.7 Å². The average molecular weight is 520 g/mol. The van der Waals surface area contributed by atoms with Gasteiger partial charge in [-0.15, -0.1) is 0 Å². The van der Waals surface area contributed by atoms with E-state index in [-0.39, 0.29) is 0 Å². The Kier molecular flexibility index (Phi) is 8.64. The Labute approximate surface area is 201 Å². The van der Waals surface area contributed by atoms with Gasteiger partial charge in [-0.05, 0) is 57.4 Å². The lowest BCUT2D eigenvalue weighted by Gasteiger charge is -2.14. The fourth-order valence-corrected chi connectivity index (χ4v) is 3.73. The number of halogens is 2. The van der Waals surface area contributed by atoms with Crippen LogP contribution in [0.3, 0.4) is 0 Å². The molecule has 0 aliphatic carbocycles.